The minimum absolute atomic E-state index is 0.719. The summed E-state index contributed by atoms with van der Waals surface area (Å²) >= 11 is 0. The highest BCUT2D eigenvalue weighted by atomic mass is 31.0. The van der Waals surface area contributed by atoms with Crippen molar-refractivity contribution in [2.24, 2.45) is 0 Å². The maximum Gasteiger partial charge on any atom is 0.00662 e. The van der Waals surface area contributed by atoms with Gasteiger partial charge in [0.2, 0.25) is 0 Å². The van der Waals surface area contributed by atoms with Gasteiger partial charge < -0.3 is 0 Å². The topological polar surface area (TPSA) is 0 Å². The van der Waals surface area contributed by atoms with Gasteiger partial charge in [-0.05, 0) is 40.0 Å². The smallest absolute Gasteiger partial charge is 0.00662 e. The Morgan fingerprint density at radius 3 is 2.09 bits per heavy atom. The lowest BCUT2D eigenvalue weighted by Crippen LogP contribution is -1.79. The SMILES string of the molecule is C1=CC(c2cc(-c3ccccc3)[pH]c2-c2ccccc2)=CC1. The van der Waals surface area contributed by atoms with Gasteiger partial charge in [-0.3, -0.25) is 0 Å². The second-order valence-corrected chi connectivity index (χ2v) is 6.79. The normalized spacial score (nSPS) is 13.7. The van der Waals surface area contributed by atoms with Gasteiger partial charge in [-0.15, -0.1) is 8.19 Å². The van der Waals surface area contributed by atoms with Gasteiger partial charge in [0.25, 0.3) is 0 Å². The van der Waals surface area contributed by atoms with Crippen molar-refractivity contribution in [1.82, 2.24) is 0 Å². The minimum Gasteiger partial charge on any atom is -0.123 e. The molecule has 1 unspecified atom stereocenters. The quantitative estimate of drug-likeness (QED) is 0.525. The summed E-state index contributed by atoms with van der Waals surface area (Å²) in [7, 11) is 0.719. The molecule has 0 spiro atoms. The predicted octanol–water partition coefficient (Wildman–Crippen LogP) is 6.40. The second-order valence-electron chi connectivity index (χ2n) is 5.50. The average Bonchev–Trinajstić information content (AvgIpc) is 3.26. The average molecular weight is 300 g/mol. The van der Waals surface area contributed by atoms with Crippen molar-refractivity contribution in [1.29, 1.82) is 0 Å². The molecule has 0 amide bonds. The molecule has 0 radical (unpaired) electrons. The number of rotatable bonds is 3. The highest BCUT2D eigenvalue weighted by Gasteiger charge is 2.14. The Morgan fingerprint density at radius 2 is 1.45 bits per heavy atom. The third-order valence-electron chi connectivity index (χ3n) is 4.05. The maximum atomic E-state index is 2.39. The van der Waals surface area contributed by atoms with E-state index < -0.39 is 0 Å². The standard InChI is InChI=1S/C21H17P/c1-3-11-17(12-4-1)20-15-19(16-9-7-8-10-16)21(22-20)18-13-5-2-6-14-18/h1-7,9-15,22H,8H2. The van der Waals surface area contributed by atoms with Gasteiger partial charge in [-0.2, -0.15) is 0 Å². The van der Waals surface area contributed by atoms with Gasteiger partial charge in [-0.25, -0.2) is 0 Å². The van der Waals surface area contributed by atoms with Crippen LogP contribution in [0.2, 0.25) is 0 Å². The van der Waals surface area contributed by atoms with E-state index in [-0.39, 0.29) is 0 Å². The molecule has 4 rings (SSSR count). The predicted molar refractivity (Wildman–Crippen MR) is 98.5 cm³/mol. The van der Waals surface area contributed by atoms with Crippen LogP contribution < -0.4 is 0 Å². The van der Waals surface area contributed by atoms with E-state index in [0.29, 0.717) is 0 Å². The largest absolute Gasteiger partial charge is 0.123 e. The van der Waals surface area contributed by atoms with Crippen LogP contribution in [0.3, 0.4) is 0 Å². The molecule has 0 aliphatic heterocycles. The fraction of sp³-hybridized carbons (Fsp3) is 0.0476. The molecule has 1 aliphatic carbocycles. The molecule has 1 heteroatoms. The van der Waals surface area contributed by atoms with E-state index >= 15 is 0 Å². The number of hydrogen-bond donors (Lipinski definition) is 0. The molecule has 1 heterocycles. The van der Waals surface area contributed by atoms with Gasteiger partial charge >= 0.3 is 0 Å². The van der Waals surface area contributed by atoms with E-state index in [1.165, 1.54) is 32.9 Å². The van der Waals surface area contributed by atoms with E-state index in [4.69, 9.17) is 0 Å². The molecule has 0 saturated carbocycles. The Morgan fingerprint density at radius 1 is 0.773 bits per heavy atom. The third kappa shape index (κ3) is 2.47. The van der Waals surface area contributed by atoms with Crippen LogP contribution >= 0.6 is 8.19 Å². The van der Waals surface area contributed by atoms with Crippen LogP contribution in [0.4, 0.5) is 0 Å². The van der Waals surface area contributed by atoms with Crippen molar-refractivity contribution in [2.45, 2.75) is 6.42 Å². The van der Waals surface area contributed by atoms with Gasteiger partial charge in [0.1, 0.15) is 0 Å². The Kier molecular flexibility index (Phi) is 3.54. The Bertz CT molecular complexity index is 836. The molecule has 1 aromatic heterocycles. The number of hydrogen-bond acceptors (Lipinski definition) is 0. The monoisotopic (exact) mass is 300 g/mol. The van der Waals surface area contributed by atoms with Crippen LogP contribution in [-0.2, 0) is 0 Å². The summed E-state index contributed by atoms with van der Waals surface area (Å²) < 4.78 is 0. The van der Waals surface area contributed by atoms with Crippen LogP contribution in [0.5, 0.6) is 0 Å². The molecule has 22 heavy (non-hydrogen) atoms. The van der Waals surface area contributed by atoms with Crippen molar-refractivity contribution >= 4 is 13.8 Å². The summed E-state index contributed by atoms with van der Waals surface area (Å²) in [6.45, 7) is 0. The van der Waals surface area contributed by atoms with Crippen LogP contribution in [0.25, 0.3) is 27.3 Å². The zero-order valence-electron chi connectivity index (χ0n) is 12.3. The third-order valence-corrected chi connectivity index (χ3v) is 5.56. The first kappa shape index (κ1) is 13.4. The first-order chi connectivity index (χ1) is 10.9. The Labute approximate surface area is 132 Å². The summed E-state index contributed by atoms with van der Waals surface area (Å²) in [5.74, 6) is 0. The summed E-state index contributed by atoms with van der Waals surface area (Å²) in [6, 6.07) is 23.9. The van der Waals surface area contributed by atoms with Crippen LogP contribution in [0, 0.1) is 0 Å². The van der Waals surface area contributed by atoms with Crippen molar-refractivity contribution in [3.63, 3.8) is 0 Å². The molecule has 1 atom stereocenters. The summed E-state index contributed by atoms with van der Waals surface area (Å²) in [5.41, 5.74) is 5.46. The van der Waals surface area contributed by atoms with Crippen molar-refractivity contribution < 1.29 is 0 Å². The van der Waals surface area contributed by atoms with Crippen LogP contribution in [-0.4, -0.2) is 0 Å². The van der Waals surface area contributed by atoms with Crippen LogP contribution in [0.1, 0.15) is 12.0 Å². The summed E-state index contributed by atoms with van der Waals surface area (Å²) in [6.07, 6.45) is 7.88. The van der Waals surface area contributed by atoms with Crippen molar-refractivity contribution in [2.75, 3.05) is 0 Å². The Balaban J connectivity index is 1.89. The molecule has 0 saturated heterocycles. The van der Waals surface area contributed by atoms with E-state index in [1.807, 2.05) is 0 Å². The number of allylic oxidation sites excluding steroid dienone is 4. The molecule has 2 aromatic carbocycles. The molecule has 0 nitrogen and oxygen atoms in total. The van der Waals surface area contributed by atoms with E-state index in [2.05, 4.69) is 85.0 Å². The first-order valence-corrected chi connectivity index (χ1v) is 8.63. The minimum atomic E-state index is 0.719. The van der Waals surface area contributed by atoms with E-state index in [0.717, 1.165) is 14.6 Å². The molecular formula is C21H17P. The van der Waals surface area contributed by atoms with Crippen molar-refractivity contribution in [3.8, 4) is 21.7 Å². The van der Waals surface area contributed by atoms with Gasteiger partial charge in [0, 0.05) is 5.30 Å². The van der Waals surface area contributed by atoms with Crippen molar-refractivity contribution in [3.05, 3.63) is 90.5 Å². The van der Waals surface area contributed by atoms with E-state index in [1.54, 1.807) is 0 Å². The van der Waals surface area contributed by atoms with Crippen LogP contribution in [0.15, 0.2) is 85.0 Å². The van der Waals surface area contributed by atoms with E-state index in [9.17, 15) is 0 Å². The molecule has 0 bridgehead atoms. The summed E-state index contributed by atoms with van der Waals surface area (Å²) in [4.78, 5) is 0. The van der Waals surface area contributed by atoms with Gasteiger partial charge in [0.15, 0.2) is 0 Å². The highest BCUT2D eigenvalue weighted by Crippen LogP contribution is 2.45. The number of benzene rings is 2. The zero-order chi connectivity index (χ0) is 14.8. The second kappa shape index (κ2) is 5.83. The zero-order valence-corrected chi connectivity index (χ0v) is 13.3. The van der Waals surface area contributed by atoms with Gasteiger partial charge in [-0.1, -0.05) is 78.9 Å². The Hall–Kier alpha value is -2.30. The fourth-order valence-electron chi connectivity index (χ4n) is 2.95. The fourth-order valence-corrected chi connectivity index (χ4v) is 4.40. The molecule has 1 aliphatic rings. The lowest BCUT2D eigenvalue weighted by molar-refractivity contribution is 1.45. The highest BCUT2D eigenvalue weighted by molar-refractivity contribution is 7.38. The molecular weight excluding hydrogens is 283 g/mol. The maximum absolute atomic E-state index is 2.39. The molecule has 0 N–H and O–H groups in total. The van der Waals surface area contributed by atoms with Gasteiger partial charge in [0.05, 0.1) is 0 Å². The molecule has 0 fully saturated rings. The molecule has 106 valence electrons. The first-order valence-electron chi connectivity index (χ1n) is 7.63. The lowest BCUT2D eigenvalue weighted by atomic mass is 10.0. The summed E-state index contributed by atoms with van der Waals surface area (Å²) in [5, 5.41) is 2.91. The lowest BCUT2D eigenvalue weighted by Gasteiger charge is -2.04. The molecule has 3 aromatic rings.